The van der Waals surface area contributed by atoms with Gasteiger partial charge in [-0.2, -0.15) is 0 Å². The summed E-state index contributed by atoms with van der Waals surface area (Å²) in [6.07, 6.45) is 0.330. The van der Waals surface area contributed by atoms with Crippen molar-refractivity contribution < 1.29 is 28.2 Å². The largest absolute Gasteiger partial charge is 0.505 e. The molecule has 1 unspecified atom stereocenters. The van der Waals surface area contributed by atoms with Crippen molar-refractivity contribution in [2.24, 2.45) is 0 Å². The molecule has 0 aromatic heterocycles. The van der Waals surface area contributed by atoms with E-state index in [1.165, 1.54) is 18.2 Å². The van der Waals surface area contributed by atoms with Gasteiger partial charge in [-0.25, -0.2) is 18.0 Å². The normalized spacial score (nSPS) is 19.9. The number of benzene rings is 1. The fourth-order valence-electron chi connectivity index (χ4n) is 2.07. The number of para-hydroxylation sites is 1. The zero-order chi connectivity index (χ0) is 15.6. The number of phenols is 1. The Labute approximate surface area is 120 Å². The van der Waals surface area contributed by atoms with E-state index >= 15 is 0 Å². The molecule has 1 aromatic rings. The number of aromatic carboxylic acids is 1. The van der Waals surface area contributed by atoms with Crippen molar-refractivity contribution in [1.29, 1.82) is 0 Å². The van der Waals surface area contributed by atoms with E-state index in [4.69, 9.17) is 5.11 Å². The van der Waals surface area contributed by atoms with Crippen LogP contribution < -0.4 is 10.6 Å². The Hall–Kier alpha value is -2.29. The van der Waals surface area contributed by atoms with E-state index in [9.17, 15) is 23.1 Å². The number of anilines is 1. The van der Waals surface area contributed by atoms with Crippen molar-refractivity contribution in [3.05, 3.63) is 23.8 Å². The Morgan fingerprint density at radius 2 is 2.00 bits per heavy atom. The highest BCUT2D eigenvalue weighted by Crippen LogP contribution is 2.27. The van der Waals surface area contributed by atoms with Crippen molar-refractivity contribution in [3.8, 4) is 5.75 Å². The van der Waals surface area contributed by atoms with Crippen molar-refractivity contribution in [3.63, 3.8) is 0 Å². The minimum Gasteiger partial charge on any atom is -0.505 e. The maximum absolute atomic E-state index is 11.7. The average Bonchev–Trinajstić information content (AvgIpc) is 2.70. The Bertz CT molecular complexity index is 685. The molecule has 0 spiro atoms. The number of carboxylic acid groups (broad SMARTS) is 1. The van der Waals surface area contributed by atoms with Crippen LogP contribution in [0.1, 0.15) is 16.8 Å². The Balaban J connectivity index is 2.04. The molecular formula is C12H14N2O6S. The number of amides is 2. The number of hydrogen-bond acceptors (Lipinski definition) is 5. The van der Waals surface area contributed by atoms with E-state index in [0.717, 1.165) is 0 Å². The highest BCUT2D eigenvalue weighted by molar-refractivity contribution is 7.91. The lowest BCUT2D eigenvalue weighted by Gasteiger charge is -2.13. The van der Waals surface area contributed by atoms with Crippen LogP contribution in [0.25, 0.3) is 0 Å². The first-order chi connectivity index (χ1) is 9.78. The Morgan fingerprint density at radius 3 is 2.57 bits per heavy atom. The van der Waals surface area contributed by atoms with Crippen LogP contribution in [-0.2, 0) is 9.84 Å². The number of carboxylic acids is 1. The predicted octanol–water partition coefficient (Wildman–Crippen LogP) is 0.399. The minimum absolute atomic E-state index is 0.0255. The zero-order valence-electron chi connectivity index (χ0n) is 10.9. The van der Waals surface area contributed by atoms with Crippen LogP contribution in [0.2, 0.25) is 0 Å². The second-order valence-electron chi connectivity index (χ2n) is 4.71. The van der Waals surface area contributed by atoms with Crippen LogP contribution in [0.4, 0.5) is 10.5 Å². The first kappa shape index (κ1) is 15.1. The van der Waals surface area contributed by atoms with E-state index < -0.39 is 33.6 Å². The number of hydrogen-bond donors (Lipinski definition) is 4. The van der Waals surface area contributed by atoms with Crippen LogP contribution in [0, 0.1) is 0 Å². The van der Waals surface area contributed by atoms with Gasteiger partial charge in [0.25, 0.3) is 0 Å². The molecule has 1 saturated heterocycles. The highest BCUT2D eigenvalue weighted by atomic mass is 32.2. The minimum atomic E-state index is -3.11. The summed E-state index contributed by atoms with van der Waals surface area (Å²) in [6.45, 7) is 0. The van der Waals surface area contributed by atoms with Gasteiger partial charge in [-0.1, -0.05) is 6.07 Å². The molecular weight excluding hydrogens is 300 g/mol. The first-order valence-corrected chi connectivity index (χ1v) is 7.94. The maximum Gasteiger partial charge on any atom is 0.339 e. The molecule has 2 amide bonds. The second-order valence-corrected chi connectivity index (χ2v) is 6.93. The molecule has 21 heavy (non-hydrogen) atoms. The average molecular weight is 314 g/mol. The van der Waals surface area contributed by atoms with Crippen LogP contribution in [0.5, 0.6) is 5.75 Å². The van der Waals surface area contributed by atoms with Gasteiger partial charge in [0.15, 0.2) is 15.6 Å². The molecule has 8 nitrogen and oxygen atoms in total. The molecule has 1 aliphatic rings. The number of rotatable bonds is 3. The maximum atomic E-state index is 11.7. The quantitative estimate of drug-likeness (QED) is 0.597. The predicted molar refractivity (Wildman–Crippen MR) is 74.3 cm³/mol. The van der Waals surface area contributed by atoms with Crippen molar-refractivity contribution in [2.45, 2.75) is 12.5 Å². The molecule has 1 fully saturated rings. The Kier molecular flexibility index (Phi) is 4.03. The number of aromatic hydroxyl groups is 1. The first-order valence-electron chi connectivity index (χ1n) is 6.12. The monoisotopic (exact) mass is 314 g/mol. The molecule has 0 radical (unpaired) electrons. The van der Waals surface area contributed by atoms with E-state index in [1.54, 1.807) is 0 Å². The molecule has 9 heteroatoms. The van der Waals surface area contributed by atoms with Crippen LogP contribution >= 0.6 is 0 Å². The van der Waals surface area contributed by atoms with Crippen molar-refractivity contribution >= 4 is 27.5 Å². The Morgan fingerprint density at radius 1 is 1.29 bits per heavy atom. The van der Waals surface area contributed by atoms with E-state index in [1.807, 2.05) is 0 Å². The smallest absolute Gasteiger partial charge is 0.339 e. The molecule has 114 valence electrons. The molecule has 1 aliphatic heterocycles. The van der Waals surface area contributed by atoms with Gasteiger partial charge in [0.2, 0.25) is 0 Å². The summed E-state index contributed by atoms with van der Waals surface area (Å²) in [6, 6.07) is 2.73. The third-order valence-corrected chi connectivity index (χ3v) is 4.85. The molecule has 0 saturated carbocycles. The number of urea groups is 1. The molecule has 0 bridgehead atoms. The summed E-state index contributed by atoms with van der Waals surface area (Å²) in [5, 5.41) is 23.4. The van der Waals surface area contributed by atoms with E-state index in [2.05, 4.69) is 10.6 Å². The molecule has 1 heterocycles. The summed E-state index contributed by atoms with van der Waals surface area (Å²) in [5.74, 6) is -1.98. The third-order valence-electron chi connectivity index (χ3n) is 3.08. The van der Waals surface area contributed by atoms with Crippen molar-refractivity contribution in [1.82, 2.24) is 5.32 Å². The van der Waals surface area contributed by atoms with Gasteiger partial charge < -0.3 is 20.8 Å². The van der Waals surface area contributed by atoms with Gasteiger partial charge >= 0.3 is 12.0 Å². The number of sulfone groups is 1. The lowest BCUT2D eigenvalue weighted by molar-refractivity contribution is 0.0693. The summed E-state index contributed by atoms with van der Waals surface area (Å²) >= 11 is 0. The van der Waals surface area contributed by atoms with E-state index in [-0.39, 0.29) is 22.8 Å². The van der Waals surface area contributed by atoms with Crippen LogP contribution in [-0.4, -0.2) is 48.2 Å². The van der Waals surface area contributed by atoms with Gasteiger partial charge in [-0.3, -0.25) is 0 Å². The second kappa shape index (κ2) is 5.60. The van der Waals surface area contributed by atoms with Gasteiger partial charge in [0.05, 0.1) is 17.2 Å². The van der Waals surface area contributed by atoms with Gasteiger partial charge in [-0.05, 0) is 18.6 Å². The fraction of sp³-hybridized carbons (Fsp3) is 0.333. The number of carbonyl (C=O) groups is 2. The number of carbonyl (C=O) groups excluding carboxylic acids is 1. The van der Waals surface area contributed by atoms with Gasteiger partial charge in [0.1, 0.15) is 5.56 Å². The van der Waals surface area contributed by atoms with Crippen molar-refractivity contribution in [2.75, 3.05) is 16.8 Å². The summed E-state index contributed by atoms with van der Waals surface area (Å²) < 4.78 is 22.6. The lowest BCUT2D eigenvalue weighted by atomic mass is 10.1. The molecule has 0 aliphatic carbocycles. The fourth-order valence-corrected chi connectivity index (χ4v) is 3.74. The molecule has 4 N–H and O–H groups in total. The SMILES string of the molecule is O=C(Nc1cccc(C(=O)O)c1O)NC1CCS(=O)(=O)C1. The topological polar surface area (TPSA) is 133 Å². The molecule has 1 aromatic carbocycles. The molecule has 1 atom stereocenters. The standard InChI is InChI=1S/C12H14N2O6S/c15-10-8(11(16)17)2-1-3-9(10)14-12(18)13-7-4-5-21(19,20)6-7/h1-3,7,15H,4-6H2,(H,16,17)(H2,13,14,18). The zero-order valence-corrected chi connectivity index (χ0v) is 11.7. The third kappa shape index (κ3) is 3.63. The number of nitrogens with one attached hydrogen (secondary N) is 2. The van der Waals surface area contributed by atoms with Crippen LogP contribution in [0.3, 0.4) is 0 Å². The van der Waals surface area contributed by atoms with Gasteiger partial charge in [0, 0.05) is 6.04 Å². The summed E-state index contributed by atoms with van der Waals surface area (Å²) in [5.41, 5.74) is -0.399. The van der Waals surface area contributed by atoms with E-state index in [0.29, 0.717) is 6.42 Å². The van der Waals surface area contributed by atoms with Gasteiger partial charge in [-0.15, -0.1) is 0 Å². The highest BCUT2D eigenvalue weighted by Gasteiger charge is 2.29. The van der Waals surface area contributed by atoms with Crippen LogP contribution in [0.15, 0.2) is 18.2 Å². The summed E-state index contributed by atoms with van der Waals surface area (Å²) in [4.78, 5) is 22.6. The molecule has 2 rings (SSSR count). The summed E-state index contributed by atoms with van der Waals surface area (Å²) in [7, 11) is -3.11. The lowest BCUT2D eigenvalue weighted by Crippen LogP contribution is -2.38.